The Morgan fingerprint density at radius 3 is 2.67 bits per heavy atom. The van der Waals surface area contributed by atoms with Crippen molar-refractivity contribution in [2.75, 3.05) is 12.3 Å². The van der Waals surface area contributed by atoms with Crippen molar-refractivity contribution < 1.29 is 22.4 Å². The number of hydrogen-bond donors (Lipinski definition) is 1. The van der Waals surface area contributed by atoms with E-state index in [0.29, 0.717) is 4.90 Å². The molecule has 8 heteroatoms. The number of alkyl halides is 3. The summed E-state index contributed by atoms with van der Waals surface area (Å²) in [5.74, 6) is -0.663. The van der Waals surface area contributed by atoms with E-state index in [0.717, 1.165) is 0 Å². The number of pyridine rings is 1. The van der Waals surface area contributed by atoms with Gasteiger partial charge in [0.2, 0.25) is 0 Å². The molecular formula is C13H12F3N3O2. The molecule has 2 heterocycles. The first kappa shape index (κ1) is 14.9. The Bertz CT molecular complexity index is 611. The van der Waals surface area contributed by atoms with E-state index in [-0.39, 0.29) is 23.7 Å². The van der Waals surface area contributed by atoms with Gasteiger partial charge < -0.3 is 15.1 Å². The van der Waals surface area contributed by atoms with Crippen molar-refractivity contribution >= 4 is 11.6 Å². The predicted octanol–water partition coefficient (Wildman–Crippen LogP) is 2.46. The molecule has 0 spiro atoms. The normalized spacial score (nSPS) is 11.4. The van der Waals surface area contributed by atoms with Gasteiger partial charge in [-0.2, -0.15) is 13.2 Å². The van der Waals surface area contributed by atoms with Crippen molar-refractivity contribution in [3.63, 3.8) is 0 Å². The summed E-state index contributed by atoms with van der Waals surface area (Å²) in [6.45, 7) is -1.73. The van der Waals surface area contributed by atoms with Crippen molar-refractivity contribution in [1.29, 1.82) is 0 Å². The van der Waals surface area contributed by atoms with Crippen LogP contribution >= 0.6 is 0 Å². The first-order valence-corrected chi connectivity index (χ1v) is 5.96. The zero-order chi connectivity index (χ0) is 15.5. The predicted molar refractivity (Wildman–Crippen MR) is 68.2 cm³/mol. The van der Waals surface area contributed by atoms with Crippen LogP contribution in [0.15, 0.2) is 41.1 Å². The standard InChI is InChI=1S/C13H12F3N3O2/c14-13(15,16)8-19(7-9-3-2-6-21-9)12(20)11-10(17)4-1-5-18-11/h1-6H,7-8,17H2. The second kappa shape index (κ2) is 5.86. The number of furan rings is 1. The van der Waals surface area contributed by atoms with Crippen LogP contribution in [-0.4, -0.2) is 28.5 Å². The van der Waals surface area contributed by atoms with E-state index in [1.54, 1.807) is 0 Å². The molecule has 0 aliphatic carbocycles. The number of nitrogen functional groups attached to an aromatic ring is 1. The molecule has 2 rings (SSSR count). The molecule has 21 heavy (non-hydrogen) atoms. The van der Waals surface area contributed by atoms with E-state index in [9.17, 15) is 18.0 Å². The molecule has 2 N–H and O–H groups in total. The second-order valence-corrected chi connectivity index (χ2v) is 4.30. The Morgan fingerprint density at radius 2 is 2.10 bits per heavy atom. The number of carbonyl (C=O) groups is 1. The van der Waals surface area contributed by atoms with Crippen molar-refractivity contribution in [3.05, 3.63) is 48.2 Å². The van der Waals surface area contributed by atoms with E-state index in [1.165, 1.54) is 36.7 Å². The lowest BCUT2D eigenvalue weighted by Gasteiger charge is -2.23. The molecule has 112 valence electrons. The molecule has 2 aromatic heterocycles. The third-order valence-corrected chi connectivity index (χ3v) is 2.63. The summed E-state index contributed by atoms with van der Waals surface area (Å²) in [7, 11) is 0. The molecule has 0 aliphatic heterocycles. The Morgan fingerprint density at radius 1 is 1.33 bits per heavy atom. The summed E-state index contributed by atoms with van der Waals surface area (Å²) in [5.41, 5.74) is 5.39. The molecule has 0 saturated heterocycles. The van der Waals surface area contributed by atoms with E-state index in [1.807, 2.05) is 0 Å². The number of rotatable bonds is 4. The van der Waals surface area contributed by atoms with E-state index in [4.69, 9.17) is 10.2 Å². The number of anilines is 1. The molecule has 1 amide bonds. The van der Waals surface area contributed by atoms with Crippen molar-refractivity contribution in [2.24, 2.45) is 0 Å². The van der Waals surface area contributed by atoms with Gasteiger partial charge in [0.1, 0.15) is 12.3 Å². The highest BCUT2D eigenvalue weighted by molar-refractivity contribution is 5.97. The van der Waals surface area contributed by atoms with Crippen LogP contribution < -0.4 is 5.73 Å². The number of halogens is 3. The lowest BCUT2D eigenvalue weighted by molar-refractivity contribution is -0.142. The molecule has 2 aromatic rings. The van der Waals surface area contributed by atoms with Crippen LogP contribution in [0.1, 0.15) is 16.2 Å². The van der Waals surface area contributed by atoms with Crippen LogP contribution in [0.5, 0.6) is 0 Å². The number of carbonyl (C=O) groups excluding carboxylic acids is 1. The second-order valence-electron chi connectivity index (χ2n) is 4.30. The van der Waals surface area contributed by atoms with Crippen LogP contribution in [0.25, 0.3) is 0 Å². The quantitative estimate of drug-likeness (QED) is 0.941. The van der Waals surface area contributed by atoms with E-state index < -0.39 is 18.6 Å². The van der Waals surface area contributed by atoms with Gasteiger partial charge in [-0.1, -0.05) is 0 Å². The van der Waals surface area contributed by atoms with Crippen LogP contribution in [-0.2, 0) is 6.54 Å². The first-order valence-electron chi connectivity index (χ1n) is 5.96. The highest BCUT2D eigenvalue weighted by Crippen LogP contribution is 2.21. The number of aromatic nitrogens is 1. The molecule has 0 unspecified atom stereocenters. The van der Waals surface area contributed by atoms with Crippen molar-refractivity contribution in [3.8, 4) is 0 Å². The average Bonchev–Trinajstić information content (AvgIpc) is 2.89. The third-order valence-electron chi connectivity index (χ3n) is 2.63. The Hall–Kier alpha value is -2.51. The molecule has 0 aromatic carbocycles. The Balaban J connectivity index is 2.26. The maximum Gasteiger partial charge on any atom is 0.406 e. The summed E-state index contributed by atoms with van der Waals surface area (Å²) < 4.78 is 42.9. The van der Waals surface area contributed by atoms with E-state index in [2.05, 4.69) is 4.98 Å². The lowest BCUT2D eigenvalue weighted by Crippen LogP contribution is -2.39. The molecule has 5 nitrogen and oxygen atoms in total. The van der Waals surface area contributed by atoms with Gasteiger partial charge in [-0.3, -0.25) is 4.79 Å². The third kappa shape index (κ3) is 3.98. The fourth-order valence-electron chi connectivity index (χ4n) is 1.75. The van der Waals surface area contributed by atoms with Gasteiger partial charge in [-0.15, -0.1) is 0 Å². The minimum Gasteiger partial charge on any atom is -0.467 e. The summed E-state index contributed by atoms with van der Waals surface area (Å²) in [6, 6.07) is 5.91. The monoisotopic (exact) mass is 299 g/mol. The van der Waals surface area contributed by atoms with Gasteiger partial charge in [-0.05, 0) is 24.3 Å². The molecule has 0 atom stereocenters. The van der Waals surface area contributed by atoms with Crippen molar-refractivity contribution in [2.45, 2.75) is 12.7 Å². The minimum absolute atomic E-state index is 0.0223. The summed E-state index contributed by atoms with van der Waals surface area (Å²) in [6.07, 6.45) is -1.92. The Kier molecular flexibility index (Phi) is 4.15. The zero-order valence-electron chi connectivity index (χ0n) is 10.8. The fourth-order valence-corrected chi connectivity index (χ4v) is 1.75. The number of amides is 1. The summed E-state index contributed by atoms with van der Waals surface area (Å²) in [4.78, 5) is 16.6. The number of nitrogens with zero attached hydrogens (tertiary/aromatic N) is 2. The molecule has 0 saturated carbocycles. The lowest BCUT2D eigenvalue weighted by atomic mass is 10.2. The number of hydrogen-bond acceptors (Lipinski definition) is 4. The van der Waals surface area contributed by atoms with Crippen LogP contribution in [0.4, 0.5) is 18.9 Å². The molecular weight excluding hydrogens is 287 g/mol. The molecule has 0 radical (unpaired) electrons. The van der Waals surface area contributed by atoms with Gasteiger partial charge in [-0.25, -0.2) is 4.98 Å². The zero-order valence-corrected chi connectivity index (χ0v) is 10.8. The van der Waals surface area contributed by atoms with Crippen LogP contribution in [0.2, 0.25) is 0 Å². The van der Waals surface area contributed by atoms with Gasteiger partial charge in [0, 0.05) is 6.20 Å². The molecule has 0 aliphatic rings. The van der Waals surface area contributed by atoms with E-state index >= 15 is 0 Å². The van der Waals surface area contributed by atoms with Gasteiger partial charge in [0.15, 0.2) is 5.69 Å². The maximum absolute atomic E-state index is 12.6. The topological polar surface area (TPSA) is 72.4 Å². The van der Waals surface area contributed by atoms with Crippen LogP contribution in [0, 0.1) is 0 Å². The number of nitrogens with two attached hydrogens (primary N) is 1. The van der Waals surface area contributed by atoms with Gasteiger partial charge >= 0.3 is 6.18 Å². The first-order chi connectivity index (χ1) is 9.87. The SMILES string of the molecule is Nc1cccnc1C(=O)N(Cc1ccco1)CC(F)(F)F. The van der Waals surface area contributed by atoms with Crippen LogP contribution in [0.3, 0.4) is 0 Å². The minimum atomic E-state index is -4.54. The Labute approximate surface area is 118 Å². The maximum atomic E-state index is 12.6. The molecule has 0 fully saturated rings. The smallest absolute Gasteiger partial charge is 0.406 e. The highest BCUT2D eigenvalue weighted by atomic mass is 19.4. The average molecular weight is 299 g/mol. The highest BCUT2D eigenvalue weighted by Gasteiger charge is 2.34. The van der Waals surface area contributed by atoms with Gasteiger partial charge in [0.05, 0.1) is 18.5 Å². The van der Waals surface area contributed by atoms with Gasteiger partial charge in [0.25, 0.3) is 5.91 Å². The summed E-state index contributed by atoms with van der Waals surface area (Å²) >= 11 is 0. The summed E-state index contributed by atoms with van der Waals surface area (Å²) in [5, 5.41) is 0. The largest absolute Gasteiger partial charge is 0.467 e. The fraction of sp³-hybridized carbons (Fsp3) is 0.231. The van der Waals surface area contributed by atoms with Crippen molar-refractivity contribution in [1.82, 2.24) is 9.88 Å². The molecule has 0 bridgehead atoms.